The number of aliphatic hydroxyl groups is 1. The van der Waals surface area contributed by atoms with Crippen LogP contribution in [0.3, 0.4) is 0 Å². The molecule has 0 heterocycles. The monoisotopic (exact) mass is 287 g/mol. The van der Waals surface area contributed by atoms with Crippen molar-refractivity contribution < 1.29 is 14.6 Å². The van der Waals surface area contributed by atoms with Crippen LogP contribution in [0.4, 0.5) is 0 Å². The van der Waals surface area contributed by atoms with Crippen molar-refractivity contribution in [2.45, 2.75) is 19.1 Å². The summed E-state index contributed by atoms with van der Waals surface area (Å²) in [6.07, 6.45) is -0.0134. The van der Waals surface area contributed by atoms with Crippen LogP contribution in [0.25, 0.3) is 0 Å². The molecule has 21 heavy (non-hydrogen) atoms. The first-order chi connectivity index (χ1) is 10.2. The molecule has 0 amide bonds. The lowest BCUT2D eigenvalue weighted by Crippen LogP contribution is -2.07. The predicted molar refractivity (Wildman–Crippen MR) is 82.4 cm³/mol. The molecule has 0 bridgehead atoms. The molecular weight excluding hydrogens is 266 g/mol. The highest BCUT2D eigenvalue weighted by Gasteiger charge is 2.08. The number of rotatable bonds is 7. The van der Waals surface area contributed by atoms with E-state index in [4.69, 9.17) is 15.2 Å². The molecule has 4 heteroatoms. The average molecular weight is 287 g/mol. The molecule has 0 spiro atoms. The highest BCUT2D eigenvalue weighted by Crippen LogP contribution is 2.23. The molecule has 0 unspecified atom stereocenters. The maximum absolute atomic E-state index is 9.96. The van der Waals surface area contributed by atoms with Crippen LogP contribution in [0.5, 0.6) is 11.5 Å². The van der Waals surface area contributed by atoms with Crippen LogP contribution in [0.15, 0.2) is 48.5 Å². The summed E-state index contributed by atoms with van der Waals surface area (Å²) in [6, 6.07) is 15.2. The second kappa shape index (κ2) is 7.67. The highest BCUT2D eigenvalue weighted by molar-refractivity contribution is 5.34. The maximum Gasteiger partial charge on any atom is 0.125 e. The van der Waals surface area contributed by atoms with Gasteiger partial charge in [0.05, 0.1) is 13.2 Å². The van der Waals surface area contributed by atoms with Crippen LogP contribution in [-0.4, -0.2) is 18.8 Å². The number of hydrogen-bond acceptors (Lipinski definition) is 4. The third-order valence-electron chi connectivity index (χ3n) is 3.27. The first kappa shape index (κ1) is 15.4. The van der Waals surface area contributed by atoms with Crippen LogP contribution in [-0.2, 0) is 6.61 Å². The highest BCUT2D eigenvalue weighted by atomic mass is 16.5. The van der Waals surface area contributed by atoms with Crippen LogP contribution in [0.2, 0.25) is 0 Å². The molecule has 0 aliphatic heterocycles. The number of benzene rings is 2. The standard InChI is InChI=1S/C17H21NO3/c1-20-17-8-3-2-5-14(17)12-21-15-7-4-6-13(11-15)16(19)9-10-18/h2-8,11,16,19H,9-10,12,18H2,1H3/t16-/m1/s1. The third kappa shape index (κ3) is 4.21. The fraction of sp³-hybridized carbons (Fsp3) is 0.294. The topological polar surface area (TPSA) is 64.7 Å². The lowest BCUT2D eigenvalue weighted by Gasteiger charge is -2.13. The van der Waals surface area contributed by atoms with Gasteiger partial charge in [-0.2, -0.15) is 0 Å². The van der Waals surface area contributed by atoms with Gasteiger partial charge in [0.2, 0.25) is 0 Å². The quantitative estimate of drug-likeness (QED) is 0.821. The Labute approximate surface area is 125 Å². The van der Waals surface area contributed by atoms with Gasteiger partial charge in [0.15, 0.2) is 0 Å². The minimum absolute atomic E-state index is 0.417. The minimum atomic E-state index is -0.551. The van der Waals surface area contributed by atoms with E-state index in [9.17, 15) is 5.11 Å². The lowest BCUT2D eigenvalue weighted by atomic mass is 10.1. The van der Waals surface area contributed by atoms with E-state index >= 15 is 0 Å². The molecule has 3 N–H and O–H groups in total. The molecule has 1 atom stereocenters. The Kier molecular flexibility index (Phi) is 5.60. The number of aliphatic hydroxyl groups excluding tert-OH is 1. The predicted octanol–water partition coefficient (Wildman–Crippen LogP) is 2.66. The van der Waals surface area contributed by atoms with Gasteiger partial charge < -0.3 is 20.3 Å². The van der Waals surface area contributed by atoms with E-state index < -0.39 is 6.10 Å². The van der Waals surface area contributed by atoms with Crippen molar-refractivity contribution in [2.75, 3.05) is 13.7 Å². The van der Waals surface area contributed by atoms with Gasteiger partial charge in [0.1, 0.15) is 18.1 Å². The molecule has 0 saturated heterocycles. The fourth-order valence-corrected chi connectivity index (χ4v) is 2.12. The lowest BCUT2D eigenvalue weighted by molar-refractivity contribution is 0.169. The summed E-state index contributed by atoms with van der Waals surface area (Å²) in [5, 5.41) is 9.96. The fourth-order valence-electron chi connectivity index (χ4n) is 2.12. The van der Waals surface area contributed by atoms with E-state index in [1.165, 1.54) is 0 Å². The number of para-hydroxylation sites is 1. The Morgan fingerprint density at radius 1 is 1.14 bits per heavy atom. The Balaban J connectivity index is 2.05. The van der Waals surface area contributed by atoms with Gasteiger partial charge in [-0.15, -0.1) is 0 Å². The molecular formula is C17H21NO3. The van der Waals surface area contributed by atoms with Crippen molar-refractivity contribution in [3.8, 4) is 11.5 Å². The molecule has 112 valence electrons. The largest absolute Gasteiger partial charge is 0.496 e. The normalized spacial score (nSPS) is 12.0. The van der Waals surface area contributed by atoms with Crippen molar-refractivity contribution >= 4 is 0 Å². The van der Waals surface area contributed by atoms with Crippen LogP contribution in [0, 0.1) is 0 Å². The first-order valence-corrected chi connectivity index (χ1v) is 6.97. The number of methoxy groups -OCH3 is 1. The third-order valence-corrected chi connectivity index (χ3v) is 3.27. The molecule has 2 aromatic rings. The van der Waals surface area contributed by atoms with Crippen molar-refractivity contribution in [3.05, 3.63) is 59.7 Å². The number of ether oxygens (including phenoxy) is 2. The van der Waals surface area contributed by atoms with E-state index in [1.54, 1.807) is 7.11 Å². The maximum atomic E-state index is 9.96. The molecule has 0 aliphatic carbocycles. The van der Waals surface area contributed by atoms with Gasteiger partial charge in [-0.1, -0.05) is 30.3 Å². The second-order valence-electron chi connectivity index (χ2n) is 4.77. The van der Waals surface area contributed by atoms with E-state index in [-0.39, 0.29) is 0 Å². The molecule has 0 fully saturated rings. The average Bonchev–Trinajstić information content (AvgIpc) is 2.53. The molecule has 2 aromatic carbocycles. The molecule has 0 radical (unpaired) electrons. The Hall–Kier alpha value is -2.04. The van der Waals surface area contributed by atoms with Crippen LogP contribution >= 0.6 is 0 Å². The summed E-state index contributed by atoms with van der Waals surface area (Å²) in [7, 11) is 1.64. The van der Waals surface area contributed by atoms with E-state index in [2.05, 4.69) is 0 Å². The van der Waals surface area contributed by atoms with Gasteiger partial charge in [-0.05, 0) is 36.7 Å². The zero-order chi connectivity index (χ0) is 15.1. The van der Waals surface area contributed by atoms with Crippen LogP contribution < -0.4 is 15.2 Å². The molecule has 0 aliphatic rings. The molecule has 0 saturated carbocycles. The van der Waals surface area contributed by atoms with Crippen molar-refractivity contribution in [2.24, 2.45) is 5.73 Å². The zero-order valence-electron chi connectivity index (χ0n) is 12.2. The van der Waals surface area contributed by atoms with Crippen molar-refractivity contribution in [1.29, 1.82) is 0 Å². The summed E-state index contributed by atoms with van der Waals surface area (Å²) in [6.45, 7) is 0.869. The van der Waals surface area contributed by atoms with Gasteiger partial charge in [-0.25, -0.2) is 0 Å². The van der Waals surface area contributed by atoms with E-state index in [0.717, 1.165) is 22.6 Å². The molecule has 0 aromatic heterocycles. The summed E-state index contributed by atoms with van der Waals surface area (Å²) < 4.78 is 11.1. The summed E-state index contributed by atoms with van der Waals surface area (Å²) in [5.74, 6) is 1.52. The Bertz CT molecular complexity index is 571. The number of hydrogen-bond donors (Lipinski definition) is 2. The minimum Gasteiger partial charge on any atom is -0.496 e. The molecule has 4 nitrogen and oxygen atoms in total. The smallest absolute Gasteiger partial charge is 0.125 e. The van der Waals surface area contributed by atoms with Gasteiger partial charge >= 0.3 is 0 Å². The Morgan fingerprint density at radius 3 is 2.71 bits per heavy atom. The Morgan fingerprint density at radius 2 is 1.95 bits per heavy atom. The van der Waals surface area contributed by atoms with Crippen LogP contribution in [0.1, 0.15) is 23.7 Å². The molecule has 2 rings (SSSR count). The van der Waals surface area contributed by atoms with Gasteiger partial charge in [0, 0.05) is 5.56 Å². The van der Waals surface area contributed by atoms with E-state index in [0.29, 0.717) is 19.6 Å². The SMILES string of the molecule is COc1ccccc1COc1cccc([C@H](O)CCN)c1. The second-order valence-corrected chi connectivity index (χ2v) is 4.77. The van der Waals surface area contributed by atoms with Gasteiger partial charge in [-0.3, -0.25) is 0 Å². The number of nitrogens with two attached hydrogens (primary N) is 1. The zero-order valence-corrected chi connectivity index (χ0v) is 12.2. The summed E-state index contributed by atoms with van der Waals surface area (Å²) >= 11 is 0. The first-order valence-electron chi connectivity index (χ1n) is 6.97. The van der Waals surface area contributed by atoms with E-state index in [1.807, 2.05) is 48.5 Å². The van der Waals surface area contributed by atoms with Crippen molar-refractivity contribution in [3.63, 3.8) is 0 Å². The summed E-state index contributed by atoms with van der Waals surface area (Å²) in [4.78, 5) is 0. The van der Waals surface area contributed by atoms with Crippen molar-refractivity contribution in [1.82, 2.24) is 0 Å². The van der Waals surface area contributed by atoms with Gasteiger partial charge in [0.25, 0.3) is 0 Å². The summed E-state index contributed by atoms with van der Waals surface area (Å²) in [5.41, 5.74) is 7.26.